The molecule has 5 heteroatoms. The lowest BCUT2D eigenvalue weighted by Gasteiger charge is -2.22. The van der Waals surface area contributed by atoms with E-state index in [-0.39, 0.29) is 5.56 Å². The Morgan fingerprint density at radius 3 is 2.29 bits per heavy atom. The van der Waals surface area contributed by atoms with Crippen LogP contribution in [0.4, 0.5) is 13.2 Å². The Morgan fingerprint density at radius 2 is 1.67 bits per heavy atom. The maximum absolute atomic E-state index is 13.1. The normalized spacial score (nSPS) is 13.2. The molecule has 1 unspecified atom stereocenters. The molecule has 0 aliphatic carbocycles. The van der Waals surface area contributed by atoms with Crippen LogP contribution in [-0.4, -0.2) is 7.05 Å². The van der Waals surface area contributed by atoms with Crippen molar-refractivity contribution in [2.24, 2.45) is 0 Å². The van der Waals surface area contributed by atoms with E-state index in [2.05, 4.69) is 5.32 Å². The number of halogens is 4. The van der Waals surface area contributed by atoms with Gasteiger partial charge in [0.2, 0.25) is 0 Å². The van der Waals surface area contributed by atoms with Gasteiger partial charge < -0.3 is 5.32 Å². The zero-order chi connectivity index (χ0) is 15.5. The van der Waals surface area contributed by atoms with Crippen molar-refractivity contribution in [3.05, 3.63) is 70.2 Å². The zero-order valence-corrected chi connectivity index (χ0v) is 12.2. The van der Waals surface area contributed by atoms with Crippen LogP contribution in [0.25, 0.3) is 0 Å². The van der Waals surface area contributed by atoms with Crippen molar-refractivity contribution in [2.75, 3.05) is 7.05 Å². The van der Waals surface area contributed by atoms with Crippen LogP contribution in [0.1, 0.15) is 22.7 Å². The molecule has 1 nitrogen and oxygen atoms in total. The van der Waals surface area contributed by atoms with Gasteiger partial charge in [0.15, 0.2) is 0 Å². The summed E-state index contributed by atoms with van der Waals surface area (Å²) >= 11 is 6.09. The first-order valence-electron chi connectivity index (χ1n) is 6.50. The Hall–Kier alpha value is -1.52. The Balaban J connectivity index is 2.37. The Bertz CT molecular complexity index is 610. The summed E-state index contributed by atoms with van der Waals surface area (Å²) in [6, 6.07) is 12.3. The van der Waals surface area contributed by atoms with Crippen LogP contribution in [0.2, 0.25) is 5.02 Å². The minimum absolute atomic E-state index is 0.229. The molecule has 0 aliphatic heterocycles. The van der Waals surface area contributed by atoms with Gasteiger partial charge in [0, 0.05) is 11.1 Å². The van der Waals surface area contributed by atoms with Crippen molar-refractivity contribution in [1.29, 1.82) is 0 Å². The molecule has 21 heavy (non-hydrogen) atoms. The Morgan fingerprint density at radius 1 is 1.05 bits per heavy atom. The summed E-state index contributed by atoms with van der Waals surface area (Å²) in [6.45, 7) is 0. The third-order valence-electron chi connectivity index (χ3n) is 3.37. The van der Waals surface area contributed by atoms with Crippen LogP contribution < -0.4 is 5.32 Å². The van der Waals surface area contributed by atoms with E-state index in [1.165, 1.54) is 12.1 Å². The van der Waals surface area contributed by atoms with Gasteiger partial charge in [-0.25, -0.2) is 0 Å². The molecule has 2 rings (SSSR count). The van der Waals surface area contributed by atoms with Gasteiger partial charge in [-0.2, -0.15) is 13.2 Å². The van der Waals surface area contributed by atoms with Gasteiger partial charge in [0.05, 0.1) is 5.56 Å². The number of hydrogen-bond donors (Lipinski definition) is 1. The molecular weight excluding hydrogens is 299 g/mol. The van der Waals surface area contributed by atoms with Gasteiger partial charge in [0.25, 0.3) is 0 Å². The average Bonchev–Trinajstić information content (AvgIpc) is 2.45. The largest absolute Gasteiger partial charge is 0.416 e. The van der Waals surface area contributed by atoms with Crippen molar-refractivity contribution in [3.63, 3.8) is 0 Å². The van der Waals surface area contributed by atoms with Crippen molar-refractivity contribution in [1.82, 2.24) is 5.32 Å². The number of alkyl halides is 3. The van der Waals surface area contributed by atoms with Gasteiger partial charge in [0.1, 0.15) is 0 Å². The highest BCUT2D eigenvalue weighted by atomic mass is 35.5. The highest BCUT2D eigenvalue weighted by Crippen LogP contribution is 2.35. The smallest absolute Gasteiger partial charge is 0.313 e. The van der Waals surface area contributed by atoms with Crippen LogP contribution in [0, 0.1) is 0 Å². The van der Waals surface area contributed by atoms with Gasteiger partial charge >= 0.3 is 6.18 Å². The van der Waals surface area contributed by atoms with Crippen LogP contribution in [0.15, 0.2) is 48.5 Å². The lowest BCUT2D eigenvalue weighted by atomic mass is 9.94. The van der Waals surface area contributed by atoms with Crippen molar-refractivity contribution in [3.8, 4) is 0 Å². The topological polar surface area (TPSA) is 12.0 Å². The summed E-state index contributed by atoms with van der Waals surface area (Å²) in [4.78, 5) is 0. The van der Waals surface area contributed by atoms with Crippen molar-refractivity contribution < 1.29 is 13.2 Å². The second-order valence-electron chi connectivity index (χ2n) is 4.72. The quantitative estimate of drug-likeness (QED) is 0.850. The molecule has 2 aromatic carbocycles. The second-order valence-corrected chi connectivity index (χ2v) is 5.13. The monoisotopic (exact) mass is 313 g/mol. The fourth-order valence-corrected chi connectivity index (χ4v) is 2.52. The van der Waals surface area contributed by atoms with E-state index >= 15 is 0 Å². The first kappa shape index (κ1) is 15.9. The summed E-state index contributed by atoms with van der Waals surface area (Å²) in [5.74, 6) is 0. The third kappa shape index (κ3) is 3.77. The van der Waals surface area contributed by atoms with Gasteiger partial charge in [-0.15, -0.1) is 0 Å². The molecule has 0 heterocycles. The van der Waals surface area contributed by atoms with Gasteiger partial charge in [-0.05, 0) is 36.7 Å². The van der Waals surface area contributed by atoms with E-state index in [1.807, 2.05) is 12.1 Å². The Kier molecular flexibility index (Phi) is 4.91. The maximum Gasteiger partial charge on any atom is 0.416 e. The zero-order valence-electron chi connectivity index (χ0n) is 11.4. The summed E-state index contributed by atoms with van der Waals surface area (Å²) in [5, 5.41) is 3.51. The van der Waals surface area contributed by atoms with Gasteiger partial charge in [-0.3, -0.25) is 0 Å². The molecule has 0 saturated heterocycles. The molecule has 0 spiro atoms. The summed E-state index contributed by atoms with van der Waals surface area (Å²) in [6.07, 6.45) is -3.98. The van der Waals surface area contributed by atoms with E-state index in [0.29, 0.717) is 11.4 Å². The average molecular weight is 314 g/mol. The molecule has 112 valence electrons. The molecular formula is C16H15ClF3N. The van der Waals surface area contributed by atoms with Crippen LogP contribution >= 0.6 is 11.6 Å². The molecule has 0 amide bonds. The van der Waals surface area contributed by atoms with Gasteiger partial charge in [-0.1, -0.05) is 48.0 Å². The standard InChI is InChI=1S/C16H15ClF3N/c1-21-15(10-11-6-2-5-9-14(11)17)12-7-3-4-8-13(12)16(18,19)20/h2-9,15,21H,10H2,1H3. The Labute approximate surface area is 126 Å². The van der Waals surface area contributed by atoms with Crippen LogP contribution in [0.3, 0.4) is 0 Å². The molecule has 0 aromatic heterocycles. The summed E-state index contributed by atoms with van der Waals surface area (Å²) in [7, 11) is 1.65. The highest BCUT2D eigenvalue weighted by Gasteiger charge is 2.34. The molecule has 0 saturated carbocycles. The SMILES string of the molecule is CNC(Cc1ccccc1Cl)c1ccccc1C(F)(F)F. The summed E-state index contributed by atoms with van der Waals surface area (Å²) in [5.41, 5.74) is 0.430. The molecule has 0 fully saturated rings. The van der Waals surface area contributed by atoms with Crippen molar-refractivity contribution in [2.45, 2.75) is 18.6 Å². The number of likely N-dealkylation sites (N-methyl/N-ethyl adjacent to an activating group) is 1. The maximum atomic E-state index is 13.1. The van der Waals surface area contributed by atoms with E-state index < -0.39 is 17.8 Å². The molecule has 0 radical (unpaired) electrons. The van der Waals surface area contributed by atoms with Crippen LogP contribution in [0.5, 0.6) is 0 Å². The minimum Gasteiger partial charge on any atom is -0.313 e. The third-order valence-corrected chi connectivity index (χ3v) is 3.74. The van der Waals surface area contributed by atoms with E-state index in [9.17, 15) is 13.2 Å². The molecule has 0 bridgehead atoms. The molecule has 1 atom stereocenters. The van der Waals surface area contributed by atoms with E-state index in [4.69, 9.17) is 11.6 Å². The predicted molar refractivity (Wildman–Crippen MR) is 78.4 cm³/mol. The lowest BCUT2D eigenvalue weighted by molar-refractivity contribution is -0.138. The molecule has 0 aliphatic rings. The predicted octanol–water partition coefficient (Wildman–Crippen LogP) is 4.86. The highest BCUT2D eigenvalue weighted by molar-refractivity contribution is 6.31. The van der Waals surface area contributed by atoms with Crippen molar-refractivity contribution >= 4 is 11.6 Å². The number of rotatable bonds is 4. The van der Waals surface area contributed by atoms with E-state index in [1.54, 1.807) is 25.2 Å². The number of nitrogens with one attached hydrogen (secondary N) is 1. The number of benzene rings is 2. The minimum atomic E-state index is -4.37. The lowest BCUT2D eigenvalue weighted by Crippen LogP contribution is -2.23. The summed E-state index contributed by atoms with van der Waals surface area (Å²) < 4.78 is 39.3. The first-order valence-corrected chi connectivity index (χ1v) is 6.88. The second kappa shape index (κ2) is 6.50. The molecule has 1 N–H and O–H groups in total. The number of hydrogen-bond acceptors (Lipinski definition) is 1. The van der Waals surface area contributed by atoms with E-state index in [0.717, 1.165) is 11.6 Å². The fourth-order valence-electron chi connectivity index (χ4n) is 2.31. The molecule has 2 aromatic rings. The fraction of sp³-hybridized carbons (Fsp3) is 0.250. The first-order chi connectivity index (χ1) is 9.93. The van der Waals surface area contributed by atoms with Crippen LogP contribution in [-0.2, 0) is 12.6 Å².